The summed E-state index contributed by atoms with van der Waals surface area (Å²) in [4.78, 5) is 23.9. The van der Waals surface area contributed by atoms with Crippen molar-refractivity contribution in [2.45, 2.75) is 39.7 Å². The van der Waals surface area contributed by atoms with Crippen molar-refractivity contribution in [1.29, 1.82) is 0 Å². The highest BCUT2D eigenvalue weighted by atomic mass is 16.6. The Labute approximate surface area is 114 Å². The Kier molecular flexibility index (Phi) is 3.74. The number of benzene rings is 1. The Morgan fingerprint density at radius 1 is 1.26 bits per heavy atom. The molecule has 1 heterocycles. The van der Waals surface area contributed by atoms with Gasteiger partial charge in [-0.15, -0.1) is 0 Å². The number of hydrogen-bond donors (Lipinski definition) is 0. The zero-order chi connectivity index (χ0) is 14.0. The van der Waals surface area contributed by atoms with Crippen molar-refractivity contribution in [3.05, 3.63) is 35.9 Å². The van der Waals surface area contributed by atoms with Crippen LogP contribution in [0.2, 0.25) is 0 Å². The monoisotopic (exact) mass is 260 g/mol. The average Bonchev–Trinajstić information content (AvgIpc) is 2.70. The van der Waals surface area contributed by atoms with Crippen molar-refractivity contribution in [3.8, 4) is 0 Å². The standard InChI is InChI=1S/C16H20O3/c1-16(2,3)10-13(17)12-9-14(18)19-15(12)11-7-5-4-6-8-11/h4-8,12,15H,9-10H2,1-3H3. The van der Waals surface area contributed by atoms with Gasteiger partial charge >= 0.3 is 5.97 Å². The Morgan fingerprint density at radius 3 is 2.47 bits per heavy atom. The first-order chi connectivity index (χ1) is 8.87. The molecule has 102 valence electrons. The first kappa shape index (κ1) is 13.8. The van der Waals surface area contributed by atoms with Gasteiger partial charge in [-0.1, -0.05) is 51.1 Å². The van der Waals surface area contributed by atoms with Crippen LogP contribution in [0.25, 0.3) is 0 Å². The second kappa shape index (κ2) is 5.16. The number of hydrogen-bond acceptors (Lipinski definition) is 3. The summed E-state index contributed by atoms with van der Waals surface area (Å²) in [6.45, 7) is 6.08. The summed E-state index contributed by atoms with van der Waals surface area (Å²) in [5, 5.41) is 0. The van der Waals surface area contributed by atoms with Crippen LogP contribution in [0.1, 0.15) is 45.3 Å². The summed E-state index contributed by atoms with van der Waals surface area (Å²) in [6.07, 6.45) is 0.259. The fourth-order valence-electron chi connectivity index (χ4n) is 2.44. The van der Waals surface area contributed by atoms with Gasteiger partial charge in [-0.3, -0.25) is 9.59 Å². The van der Waals surface area contributed by atoms with Gasteiger partial charge in [-0.25, -0.2) is 0 Å². The Hall–Kier alpha value is -1.64. The van der Waals surface area contributed by atoms with Crippen LogP contribution < -0.4 is 0 Å². The Morgan fingerprint density at radius 2 is 1.89 bits per heavy atom. The lowest BCUT2D eigenvalue weighted by molar-refractivity contribution is -0.141. The van der Waals surface area contributed by atoms with Gasteiger partial charge < -0.3 is 4.74 Å². The molecule has 2 rings (SSSR count). The molecule has 3 nitrogen and oxygen atoms in total. The third-order valence-electron chi connectivity index (χ3n) is 3.26. The number of cyclic esters (lactones) is 1. The van der Waals surface area contributed by atoms with Gasteiger partial charge in [0, 0.05) is 6.42 Å². The van der Waals surface area contributed by atoms with E-state index in [0.29, 0.717) is 6.42 Å². The first-order valence-electron chi connectivity index (χ1n) is 6.64. The van der Waals surface area contributed by atoms with Crippen molar-refractivity contribution in [3.63, 3.8) is 0 Å². The van der Waals surface area contributed by atoms with Gasteiger partial charge in [0.05, 0.1) is 12.3 Å². The van der Waals surface area contributed by atoms with Crippen LogP contribution in [0, 0.1) is 11.3 Å². The van der Waals surface area contributed by atoms with E-state index in [2.05, 4.69) is 0 Å². The lowest BCUT2D eigenvalue weighted by Crippen LogP contribution is -2.23. The van der Waals surface area contributed by atoms with Crippen LogP contribution in [-0.2, 0) is 14.3 Å². The lowest BCUT2D eigenvalue weighted by atomic mass is 9.82. The summed E-state index contributed by atoms with van der Waals surface area (Å²) in [6, 6.07) is 9.51. The van der Waals surface area contributed by atoms with Crippen molar-refractivity contribution in [2.24, 2.45) is 11.3 Å². The molecule has 0 radical (unpaired) electrons. The summed E-state index contributed by atoms with van der Waals surface area (Å²) in [7, 11) is 0. The van der Waals surface area contributed by atoms with E-state index >= 15 is 0 Å². The predicted octanol–water partition coefficient (Wildman–Crippen LogP) is 3.30. The highest BCUT2D eigenvalue weighted by Gasteiger charge is 2.41. The van der Waals surface area contributed by atoms with E-state index in [4.69, 9.17) is 4.74 Å². The van der Waals surface area contributed by atoms with Gasteiger partial charge in [0.25, 0.3) is 0 Å². The molecular formula is C16H20O3. The minimum atomic E-state index is -0.413. The molecule has 1 aliphatic rings. The van der Waals surface area contributed by atoms with Crippen molar-refractivity contribution >= 4 is 11.8 Å². The van der Waals surface area contributed by atoms with Crippen LogP contribution in [-0.4, -0.2) is 11.8 Å². The van der Waals surface area contributed by atoms with Crippen LogP contribution in [0.3, 0.4) is 0 Å². The highest BCUT2D eigenvalue weighted by Crippen LogP contribution is 2.38. The van der Waals surface area contributed by atoms with Gasteiger partial charge in [0.1, 0.15) is 11.9 Å². The third-order valence-corrected chi connectivity index (χ3v) is 3.26. The maximum Gasteiger partial charge on any atom is 0.307 e. The quantitative estimate of drug-likeness (QED) is 0.783. The number of esters is 1. The Balaban J connectivity index is 2.19. The molecule has 0 N–H and O–H groups in total. The van der Waals surface area contributed by atoms with Gasteiger partial charge in [0.15, 0.2) is 0 Å². The molecule has 0 bridgehead atoms. The van der Waals surface area contributed by atoms with Crippen LogP contribution >= 0.6 is 0 Å². The molecular weight excluding hydrogens is 240 g/mol. The van der Waals surface area contributed by atoms with E-state index in [1.165, 1.54) is 0 Å². The molecule has 3 heteroatoms. The fraction of sp³-hybridized carbons (Fsp3) is 0.500. The molecule has 2 unspecified atom stereocenters. The topological polar surface area (TPSA) is 43.4 Å². The molecule has 1 aromatic rings. The number of ether oxygens (including phenoxy) is 1. The van der Waals surface area contributed by atoms with Crippen molar-refractivity contribution < 1.29 is 14.3 Å². The molecule has 1 fully saturated rings. The normalized spacial score (nSPS) is 23.2. The highest BCUT2D eigenvalue weighted by molar-refractivity contribution is 5.88. The summed E-state index contributed by atoms with van der Waals surface area (Å²) in [5.74, 6) is -0.498. The van der Waals surface area contributed by atoms with Gasteiger partial charge in [-0.05, 0) is 11.0 Å². The largest absolute Gasteiger partial charge is 0.457 e. The van der Waals surface area contributed by atoms with E-state index in [0.717, 1.165) is 5.56 Å². The number of Topliss-reactive ketones (excluding diaryl/α,β-unsaturated/α-hetero) is 1. The van der Waals surface area contributed by atoms with Crippen molar-refractivity contribution in [1.82, 2.24) is 0 Å². The molecule has 19 heavy (non-hydrogen) atoms. The fourth-order valence-corrected chi connectivity index (χ4v) is 2.44. The van der Waals surface area contributed by atoms with Crippen LogP contribution in [0.5, 0.6) is 0 Å². The molecule has 1 aromatic carbocycles. The summed E-state index contributed by atoms with van der Waals surface area (Å²) < 4.78 is 5.34. The second-order valence-electron chi connectivity index (χ2n) is 6.34. The molecule has 1 saturated heterocycles. The number of ketones is 1. The smallest absolute Gasteiger partial charge is 0.307 e. The number of rotatable bonds is 3. The lowest BCUT2D eigenvalue weighted by Gasteiger charge is -2.22. The number of carbonyl (C=O) groups is 2. The SMILES string of the molecule is CC(C)(C)CC(=O)C1CC(=O)OC1c1ccccc1. The average molecular weight is 260 g/mol. The van der Waals surface area contributed by atoms with Crippen molar-refractivity contribution in [2.75, 3.05) is 0 Å². The second-order valence-corrected chi connectivity index (χ2v) is 6.34. The Bertz CT molecular complexity index is 471. The van der Waals surface area contributed by atoms with E-state index in [1.54, 1.807) is 0 Å². The molecule has 0 saturated carbocycles. The minimum Gasteiger partial charge on any atom is -0.457 e. The molecule has 0 amide bonds. The van der Waals surface area contributed by atoms with Crippen LogP contribution in [0.15, 0.2) is 30.3 Å². The van der Waals surface area contributed by atoms with Gasteiger partial charge in [-0.2, -0.15) is 0 Å². The van der Waals surface area contributed by atoms with E-state index < -0.39 is 6.10 Å². The zero-order valence-electron chi connectivity index (χ0n) is 11.7. The van der Waals surface area contributed by atoms with Crippen LogP contribution in [0.4, 0.5) is 0 Å². The summed E-state index contributed by atoms with van der Waals surface area (Å²) >= 11 is 0. The first-order valence-corrected chi connectivity index (χ1v) is 6.64. The zero-order valence-corrected chi connectivity index (χ0v) is 11.7. The predicted molar refractivity (Wildman–Crippen MR) is 72.5 cm³/mol. The third kappa shape index (κ3) is 3.43. The number of carbonyl (C=O) groups excluding carboxylic acids is 2. The summed E-state index contributed by atoms with van der Waals surface area (Å²) in [5.41, 5.74) is 0.838. The molecule has 0 aromatic heterocycles. The molecule has 0 spiro atoms. The van der Waals surface area contributed by atoms with E-state index in [-0.39, 0.29) is 29.5 Å². The van der Waals surface area contributed by atoms with E-state index in [1.807, 2.05) is 51.1 Å². The maximum atomic E-state index is 12.4. The van der Waals surface area contributed by atoms with E-state index in [9.17, 15) is 9.59 Å². The molecule has 0 aliphatic carbocycles. The molecule has 1 aliphatic heterocycles. The maximum absolute atomic E-state index is 12.4. The minimum absolute atomic E-state index is 0.0655. The molecule has 2 atom stereocenters. The van der Waals surface area contributed by atoms with Gasteiger partial charge in [0.2, 0.25) is 0 Å².